The highest BCUT2D eigenvalue weighted by molar-refractivity contribution is 7.09. The second-order valence-corrected chi connectivity index (χ2v) is 3.79. The van der Waals surface area contributed by atoms with Crippen molar-refractivity contribution >= 4 is 17.2 Å². The van der Waals surface area contributed by atoms with Crippen molar-refractivity contribution in [2.75, 3.05) is 5.32 Å². The maximum Gasteiger partial charge on any atom is 0.169 e. The fraction of sp³-hybridized carbons (Fsp3) is 0.333. The minimum absolute atomic E-state index is 0.702. The number of aryl methyl sites for hydroxylation is 1. The highest BCUT2D eigenvalue weighted by Crippen LogP contribution is 2.11. The van der Waals surface area contributed by atoms with E-state index in [2.05, 4.69) is 15.5 Å². The maximum absolute atomic E-state index is 5.05. The zero-order valence-electron chi connectivity index (χ0n) is 7.86. The molecule has 0 spiro atoms. The molecule has 2 aromatic rings. The van der Waals surface area contributed by atoms with Crippen molar-refractivity contribution < 1.29 is 4.52 Å². The standard InChI is InChI=1S/C9H11N3OS/c1-2-7-5-8(12-13-7)11-6-9-10-3-4-14-9/h3-5H,2,6H2,1H3,(H,11,12). The minimum Gasteiger partial charge on any atom is -0.361 e. The monoisotopic (exact) mass is 209 g/mol. The number of hydrogen-bond acceptors (Lipinski definition) is 5. The molecule has 0 aromatic carbocycles. The van der Waals surface area contributed by atoms with Crippen LogP contribution < -0.4 is 5.32 Å². The van der Waals surface area contributed by atoms with Crippen LogP contribution in [0.3, 0.4) is 0 Å². The topological polar surface area (TPSA) is 51.0 Å². The van der Waals surface area contributed by atoms with Gasteiger partial charge in [0.05, 0.1) is 6.54 Å². The van der Waals surface area contributed by atoms with Gasteiger partial charge in [-0.05, 0) is 0 Å². The summed E-state index contributed by atoms with van der Waals surface area (Å²) in [6.07, 6.45) is 2.66. The summed E-state index contributed by atoms with van der Waals surface area (Å²) in [5.41, 5.74) is 0. The van der Waals surface area contributed by atoms with Gasteiger partial charge in [0.2, 0.25) is 0 Å². The Morgan fingerprint density at radius 3 is 3.14 bits per heavy atom. The Morgan fingerprint density at radius 1 is 1.57 bits per heavy atom. The first-order valence-electron chi connectivity index (χ1n) is 4.46. The Balaban J connectivity index is 1.92. The summed E-state index contributed by atoms with van der Waals surface area (Å²) >= 11 is 1.62. The Kier molecular flexibility index (Phi) is 2.78. The molecule has 2 heterocycles. The van der Waals surface area contributed by atoms with Crippen molar-refractivity contribution in [3.05, 3.63) is 28.4 Å². The van der Waals surface area contributed by atoms with E-state index in [1.165, 1.54) is 0 Å². The molecule has 4 nitrogen and oxygen atoms in total. The highest BCUT2D eigenvalue weighted by Gasteiger charge is 2.01. The fourth-order valence-corrected chi connectivity index (χ4v) is 1.63. The lowest BCUT2D eigenvalue weighted by molar-refractivity contribution is 0.389. The lowest BCUT2D eigenvalue weighted by Gasteiger charge is -1.96. The van der Waals surface area contributed by atoms with E-state index in [4.69, 9.17) is 4.52 Å². The molecule has 74 valence electrons. The van der Waals surface area contributed by atoms with Gasteiger partial charge in [0.1, 0.15) is 10.8 Å². The predicted octanol–water partition coefficient (Wildman–Crippen LogP) is 2.31. The van der Waals surface area contributed by atoms with Crippen LogP contribution in [0.5, 0.6) is 0 Å². The van der Waals surface area contributed by atoms with Crippen LogP contribution in [0.25, 0.3) is 0 Å². The minimum atomic E-state index is 0.702. The summed E-state index contributed by atoms with van der Waals surface area (Å²) in [5.74, 6) is 1.67. The molecule has 0 unspecified atom stereocenters. The number of anilines is 1. The van der Waals surface area contributed by atoms with Crippen molar-refractivity contribution in [2.24, 2.45) is 0 Å². The normalized spacial score (nSPS) is 10.4. The Morgan fingerprint density at radius 2 is 2.50 bits per heavy atom. The van der Waals surface area contributed by atoms with Crippen molar-refractivity contribution in [1.29, 1.82) is 0 Å². The summed E-state index contributed by atoms with van der Waals surface area (Å²) in [6.45, 7) is 2.73. The van der Waals surface area contributed by atoms with E-state index in [0.29, 0.717) is 6.54 Å². The third kappa shape index (κ3) is 2.11. The number of nitrogens with one attached hydrogen (secondary N) is 1. The zero-order chi connectivity index (χ0) is 9.80. The molecule has 5 heteroatoms. The molecule has 14 heavy (non-hydrogen) atoms. The van der Waals surface area contributed by atoms with E-state index in [1.807, 2.05) is 18.4 Å². The summed E-state index contributed by atoms with van der Waals surface area (Å²) in [7, 11) is 0. The van der Waals surface area contributed by atoms with Crippen LogP contribution >= 0.6 is 11.3 Å². The van der Waals surface area contributed by atoms with E-state index in [9.17, 15) is 0 Å². The molecule has 1 N–H and O–H groups in total. The molecule has 0 aliphatic heterocycles. The molecular weight excluding hydrogens is 198 g/mol. The van der Waals surface area contributed by atoms with Crippen molar-refractivity contribution in [3.8, 4) is 0 Å². The average molecular weight is 209 g/mol. The lowest BCUT2D eigenvalue weighted by atomic mass is 10.3. The van der Waals surface area contributed by atoms with E-state index >= 15 is 0 Å². The maximum atomic E-state index is 5.05. The Labute approximate surface area is 86.0 Å². The number of hydrogen-bond donors (Lipinski definition) is 1. The van der Waals surface area contributed by atoms with Crippen LogP contribution in [0, 0.1) is 0 Å². The first-order chi connectivity index (χ1) is 6.88. The average Bonchev–Trinajstić information content (AvgIpc) is 2.86. The smallest absolute Gasteiger partial charge is 0.169 e. The molecule has 0 aliphatic carbocycles. The number of rotatable bonds is 4. The molecule has 2 rings (SSSR count). The van der Waals surface area contributed by atoms with Gasteiger partial charge >= 0.3 is 0 Å². The SMILES string of the molecule is CCc1cc(NCc2nccs2)no1. The van der Waals surface area contributed by atoms with Gasteiger partial charge in [0, 0.05) is 24.1 Å². The van der Waals surface area contributed by atoms with Crippen LogP contribution in [0.2, 0.25) is 0 Å². The van der Waals surface area contributed by atoms with Crippen LogP contribution in [-0.2, 0) is 13.0 Å². The van der Waals surface area contributed by atoms with E-state index in [1.54, 1.807) is 17.5 Å². The van der Waals surface area contributed by atoms with Crippen LogP contribution in [-0.4, -0.2) is 10.1 Å². The molecule has 0 atom stereocenters. The first kappa shape index (κ1) is 9.21. The largest absolute Gasteiger partial charge is 0.361 e. The molecule has 0 amide bonds. The second-order valence-electron chi connectivity index (χ2n) is 2.81. The van der Waals surface area contributed by atoms with Crippen molar-refractivity contribution in [1.82, 2.24) is 10.1 Å². The van der Waals surface area contributed by atoms with Gasteiger partial charge in [0.15, 0.2) is 5.82 Å². The molecule has 0 saturated heterocycles. The van der Waals surface area contributed by atoms with E-state index < -0.39 is 0 Å². The molecule has 0 fully saturated rings. The van der Waals surface area contributed by atoms with Crippen LogP contribution in [0.1, 0.15) is 17.7 Å². The van der Waals surface area contributed by atoms with Crippen molar-refractivity contribution in [3.63, 3.8) is 0 Å². The van der Waals surface area contributed by atoms with Gasteiger partial charge in [-0.1, -0.05) is 12.1 Å². The summed E-state index contributed by atoms with van der Waals surface area (Å²) in [5, 5.41) is 10.0. The van der Waals surface area contributed by atoms with Gasteiger partial charge in [-0.25, -0.2) is 4.98 Å². The van der Waals surface area contributed by atoms with Gasteiger partial charge in [-0.2, -0.15) is 0 Å². The second kappa shape index (κ2) is 4.23. The molecule has 0 bridgehead atoms. The lowest BCUT2D eigenvalue weighted by Crippen LogP contribution is -1.98. The van der Waals surface area contributed by atoms with Crippen LogP contribution in [0.4, 0.5) is 5.82 Å². The zero-order valence-corrected chi connectivity index (χ0v) is 8.67. The van der Waals surface area contributed by atoms with Gasteiger partial charge in [-0.3, -0.25) is 0 Å². The number of nitrogens with zero attached hydrogens (tertiary/aromatic N) is 2. The van der Waals surface area contributed by atoms with Gasteiger partial charge < -0.3 is 9.84 Å². The number of aromatic nitrogens is 2. The van der Waals surface area contributed by atoms with E-state index in [-0.39, 0.29) is 0 Å². The Bertz CT molecular complexity index is 382. The first-order valence-corrected chi connectivity index (χ1v) is 5.34. The molecule has 0 radical (unpaired) electrons. The quantitative estimate of drug-likeness (QED) is 0.839. The summed E-state index contributed by atoms with van der Waals surface area (Å²) < 4.78 is 5.05. The summed E-state index contributed by atoms with van der Waals surface area (Å²) in [6, 6.07) is 1.91. The number of thiazole rings is 1. The molecule has 0 aliphatic rings. The van der Waals surface area contributed by atoms with Crippen LogP contribution in [0.15, 0.2) is 22.2 Å². The Hall–Kier alpha value is -1.36. The third-order valence-electron chi connectivity index (χ3n) is 1.81. The molecule has 0 saturated carbocycles. The van der Waals surface area contributed by atoms with Crippen molar-refractivity contribution in [2.45, 2.75) is 19.9 Å². The molecular formula is C9H11N3OS. The predicted molar refractivity (Wildman–Crippen MR) is 55.3 cm³/mol. The summed E-state index contributed by atoms with van der Waals surface area (Å²) in [4.78, 5) is 4.16. The van der Waals surface area contributed by atoms with Gasteiger partial charge in [0.25, 0.3) is 0 Å². The fourth-order valence-electron chi connectivity index (χ4n) is 1.07. The molecule has 2 aromatic heterocycles. The highest BCUT2D eigenvalue weighted by atomic mass is 32.1. The van der Waals surface area contributed by atoms with Gasteiger partial charge in [-0.15, -0.1) is 11.3 Å². The third-order valence-corrected chi connectivity index (χ3v) is 2.59. The van der Waals surface area contributed by atoms with E-state index in [0.717, 1.165) is 23.0 Å².